The van der Waals surface area contributed by atoms with Gasteiger partial charge in [0.15, 0.2) is 5.82 Å². The van der Waals surface area contributed by atoms with E-state index in [9.17, 15) is 4.79 Å². The van der Waals surface area contributed by atoms with E-state index in [0.717, 1.165) is 5.56 Å². The molecule has 2 rings (SSSR count). The van der Waals surface area contributed by atoms with Crippen LogP contribution in [0.3, 0.4) is 0 Å². The molecule has 0 spiro atoms. The van der Waals surface area contributed by atoms with Gasteiger partial charge in [-0.05, 0) is 48.5 Å². The number of anilines is 1. The molecule has 1 amide bonds. The van der Waals surface area contributed by atoms with Crippen LogP contribution in [-0.2, 0) is 21.1 Å². The fourth-order valence-electron chi connectivity index (χ4n) is 2.28. The van der Waals surface area contributed by atoms with Gasteiger partial charge in [0.2, 0.25) is 0 Å². The highest BCUT2D eigenvalue weighted by atomic mass is 16.7. The van der Waals surface area contributed by atoms with Crippen LogP contribution in [0, 0.1) is 0 Å². The Morgan fingerprint density at radius 1 is 1.28 bits per heavy atom. The number of ether oxygens (including phenoxy) is 1. The van der Waals surface area contributed by atoms with Gasteiger partial charge in [-0.15, -0.1) is 0 Å². The summed E-state index contributed by atoms with van der Waals surface area (Å²) >= 11 is 0. The Morgan fingerprint density at radius 3 is 2.36 bits per heavy atom. The largest absolute Gasteiger partial charge is 0.487 e. The van der Waals surface area contributed by atoms with Gasteiger partial charge < -0.3 is 14.0 Å². The molecule has 0 radical (unpaired) electrons. The number of carbonyl (C=O) groups is 1. The van der Waals surface area contributed by atoms with Gasteiger partial charge in [-0.3, -0.25) is 10.00 Å². The number of aromatic nitrogens is 2. The minimum atomic E-state index is -0.572. The molecule has 1 saturated heterocycles. The fourth-order valence-corrected chi connectivity index (χ4v) is 2.28. The van der Waals surface area contributed by atoms with Gasteiger partial charge in [-0.2, -0.15) is 5.10 Å². The molecule has 0 aliphatic carbocycles. The Bertz CT molecular complexity index is 658. The van der Waals surface area contributed by atoms with Gasteiger partial charge in [-0.25, -0.2) is 4.79 Å². The van der Waals surface area contributed by atoms with Crippen LogP contribution in [-0.4, -0.2) is 39.8 Å². The van der Waals surface area contributed by atoms with Gasteiger partial charge in [0, 0.05) is 18.8 Å². The van der Waals surface area contributed by atoms with E-state index in [1.54, 1.807) is 17.9 Å². The van der Waals surface area contributed by atoms with Gasteiger partial charge in [0.1, 0.15) is 5.60 Å². The summed E-state index contributed by atoms with van der Waals surface area (Å²) in [6, 6.07) is 0. The average Bonchev–Trinajstić information content (AvgIpc) is 2.81. The maximum Gasteiger partial charge on any atom is 0.487 e. The van der Waals surface area contributed by atoms with E-state index in [1.807, 2.05) is 60.5 Å². The summed E-state index contributed by atoms with van der Waals surface area (Å²) in [4.78, 5) is 12.0. The Labute approximate surface area is 149 Å². The number of carbonyl (C=O) groups excluding carboxylic acids is 1. The number of nitrogens with one attached hydrogen (secondary N) is 1. The second-order valence-corrected chi connectivity index (χ2v) is 8.22. The van der Waals surface area contributed by atoms with Gasteiger partial charge in [-0.1, -0.05) is 12.1 Å². The average molecular weight is 349 g/mol. The minimum absolute atomic E-state index is 0.394. The normalized spacial score (nSPS) is 19.4. The first-order valence-corrected chi connectivity index (χ1v) is 8.37. The molecule has 25 heavy (non-hydrogen) atoms. The first kappa shape index (κ1) is 19.5. The summed E-state index contributed by atoms with van der Waals surface area (Å²) < 4.78 is 18.7. The van der Waals surface area contributed by atoms with Crippen molar-refractivity contribution in [3.05, 3.63) is 17.7 Å². The standard InChI is InChI=1S/C17H28BN3O4/c1-15(2,3)23-14(22)19-13-12(11-21(8)20-13)9-10-18-24-16(4,5)17(6,7)25-18/h9-11H,1-8H3,(H,19,20,22)/b10-9+. The topological polar surface area (TPSA) is 74.6 Å². The molecule has 2 heterocycles. The fraction of sp³-hybridized carbons (Fsp3) is 0.647. The van der Waals surface area contributed by atoms with Crippen molar-refractivity contribution >= 4 is 25.1 Å². The monoisotopic (exact) mass is 349 g/mol. The Morgan fingerprint density at radius 2 is 1.84 bits per heavy atom. The maximum absolute atomic E-state index is 12.0. The lowest BCUT2D eigenvalue weighted by Crippen LogP contribution is -2.41. The zero-order valence-electron chi connectivity index (χ0n) is 16.3. The second kappa shape index (κ2) is 6.50. The van der Waals surface area contributed by atoms with Crippen LogP contribution >= 0.6 is 0 Å². The SMILES string of the molecule is Cn1cc(/C=C/B2OC(C)(C)C(C)(C)O2)c(NC(=O)OC(C)(C)C)n1. The van der Waals surface area contributed by atoms with Crippen LogP contribution in [0.5, 0.6) is 0 Å². The summed E-state index contributed by atoms with van der Waals surface area (Å²) in [5.74, 6) is 2.23. The Kier molecular flexibility index (Phi) is 5.07. The van der Waals surface area contributed by atoms with Crippen molar-refractivity contribution in [2.75, 3.05) is 5.32 Å². The minimum Gasteiger partial charge on any atom is -0.444 e. The zero-order chi connectivity index (χ0) is 19.0. The predicted octanol–water partition coefficient (Wildman–Crippen LogP) is 3.41. The predicted molar refractivity (Wildman–Crippen MR) is 98.2 cm³/mol. The highest BCUT2D eigenvalue weighted by Gasteiger charge is 2.50. The lowest BCUT2D eigenvalue weighted by molar-refractivity contribution is 0.00578. The number of aryl methyl sites for hydroxylation is 1. The summed E-state index contributed by atoms with van der Waals surface area (Å²) in [6.45, 7) is 13.4. The van der Waals surface area contributed by atoms with Crippen molar-refractivity contribution in [3.63, 3.8) is 0 Å². The van der Waals surface area contributed by atoms with Gasteiger partial charge in [0.25, 0.3) is 0 Å². The molecular formula is C17H28BN3O4. The molecule has 1 N–H and O–H groups in total. The molecule has 0 atom stereocenters. The van der Waals surface area contributed by atoms with Crippen molar-refractivity contribution in [2.45, 2.75) is 65.3 Å². The van der Waals surface area contributed by atoms with Crippen LogP contribution in [0.2, 0.25) is 0 Å². The van der Waals surface area contributed by atoms with Crippen molar-refractivity contribution < 1.29 is 18.8 Å². The molecular weight excluding hydrogens is 321 g/mol. The van der Waals surface area contributed by atoms with Crippen LogP contribution in [0.25, 0.3) is 6.08 Å². The summed E-state index contributed by atoms with van der Waals surface area (Å²) in [6.07, 6.45) is 3.08. The molecule has 1 aromatic heterocycles. The third-order valence-electron chi connectivity index (χ3n) is 4.18. The highest BCUT2D eigenvalue weighted by molar-refractivity contribution is 6.52. The molecule has 0 aromatic carbocycles. The van der Waals surface area contributed by atoms with Crippen molar-refractivity contribution in [3.8, 4) is 0 Å². The van der Waals surface area contributed by atoms with Gasteiger partial charge in [0.05, 0.1) is 11.2 Å². The lowest BCUT2D eigenvalue weighted by atomic mass is 9.89. The Hall–Kier alpha value is -1.80. The van der Waals surface area contributed by atoms with E-state index in [2.05, 4.69) is 10.4 Å². The first-order chi connectivity index (χ1) is 11.3. The first-order valence-electron chi connectivity index (χ1n) is 8.37. The molecule has 1 aliphatic heterocycles. The van der Waals surface area contributed by atoms with Crippen LogP contribution in [0.4, 0.5) is 10.6 Å². The third-order valence-corrected chi connectivity index (χ3v) is 4.18. The lowest BCUT2D eigenvalue weighted by Gasteiger charge is -2.32. The van der Waals surface area contributed by atoms with E-state index in [0.29, 0.717) is 5.82 Å². The molecule has 7 nitrogen and oxygen atoms in total. The summed E-state index contributed by atoms with van der Waals surface area (Å²) in [7, 11) is 1.33. The Balaban J connectivity index is 2.10. The smallest absolute Gasteiger partial charge is 0.444 e. The number of hydrogen-bond donors (Lipinski definition) is 1. The molecule has 1 aliphatic rings. The molecule has 0 saturated carbocycles. The molecule has 8 heteroatoms. The van der Waals surface area contributed by atoms with Crippen LogP contribution in [0.15, 0.2) is 12.2 Å². The molecule has 0 bridgehead atoms. The number of nitrogens with zero attached hydrogens (tertiary/aromatic N) is 2. The van der Waals surface area contributed by atoms with E-state index in [4.69, 9.17) is 14.0 Å². The van der Waals surface area contributed by atoms with E-state index < -0.39 is 30.0 Å². The van der Waals surface area contributed by atoms with Crippen molar-refractivity contribution in [2.24, 2.45) is 7.05 Å². The van der Waals surface area contributed by atoms with Crippen LogP contribution < -0.4 is 5.32 Å². The van der Waals surface area contributed by atoms with E-state index >= 15 is 0 Å². The highest BCUT2D eigenvalue weighted by Crippen LogP contribution is 2.37. The number of amides is 1. The molecule has 1 fully saturated rings. The maximum atomic E-state index is 12.0. The molecule has 0 unspecified atom stereocenters. The summed E-state index contributed by atoms with van der Waals surface area (Å²) in [5.41, 5.74) is -0.622. The number of rotatable bonds is 3. The summed E-state index contributed by atoms with van der Waals surface area (Å²) in [5, 5.41) is 6.92. The molecule has 138 valence electrons. The zero-order valence-corrected chi connectivity index (χ0v) is 16.3. The van der Waals surface area contributed by atoms with Crippen LogP contribution in [0.1, 0.15) is 54.0 Å². The second-order valence-electron chi connectivity index (χ2n) is 8.22. The van der Waals surface area contributed by atoms with E-state index in [-0.39, 0.29) is 0 Å². The van der Waals surface area contributed by atoms with Crippen molar-refractivity contribution in [1.82, 2.24) is 9.78 Å². The third kappa shape index (κ3) is 4.86. The van der Waals surface area contributed by atoms with Gasteiger partial charge >= 0.3 is 13.2 Å². The quantitative estimate of drug-likeness (QED) is 0.847. The number of hydrogen-bond acceptors (Lipinski definition) is 5. The van der Waals surface area contributed by atoms with Crippen molar-refractivity contribution in [1.29, 1.82) is 0 Å². The van der Waals surface area contributed by atoms with E-state index in [1.165, 1.54) is 0 Å². The molecule has 1 aromatic rings.